The van der Waals surface area contributed by atoms with Gasteiger partial charge in [-0.2, -0.15) is 0 Å². The van der Waals surface area contributed by atoms with Gasteiger partial charge in [-0.05, 0) is 39.0 Å². The van der Waals surface area contributed by atoms with Crippen LogP contribution in [0.2, 0.25) is 0 Å². The van der Waals surface area contributed by atoms with Gasteiger partial charge < -0.3 is 15.4 Å². The van der Waals surface area contributed by atoms with Crippen LogP contribution in [0.25, 0.3) is 0 Å². The molecule has 0 saturated carbocycles. The highest BCUT2D eigenvalue weighted by molar-refractivity contribution is 6.22. The minimum atomic E-state index is -0.512. The number of hydrogen-bond acceptors (Lipinski definition) is 5. The van der Waals surface area contributed by atoms with Gasteiger partial charge in [0, 0.05) is 18.3 Å². The molecule has 1 aromatic carbocycles. The second-order valence-corrected chi connectivity index (χ2v) is 5.77. The van der Waals surface area contributed by atoms with E-state index in [2.05, 4.69) is 10.6 Å². The van der Waals surface area contributed by atoms with Crippen molar-refractivity contribution in [3.05, 3.63) is 29.3 Å². The first-order chi connectivity index (χ1) is 11.8. The van der Waals surface area contributed by atoms with Crippen LogP contribution in [0.5, 0.6) is 0 Å². The Morgan fingerprint density at radius 2 is 1.84 bits per heavy atom. The summed E-state index contributed by atoms with van der Waals surface area (Å²) in [6.07, 6.45) is 0.0712. The van der Waals surface area contributed by atoms with E-state index in [1.807, 2.05) is 0 Å². The maximum atomic E-state index is 12.3. The number of ether oxygens (including phenoxy) is 1. The molecular formula is C17H21N3O5. The van der Waals surface area contributed by atoms with E-state index in [4.69, 9.17) is 4.74 Å². The molecule has 0 aliphatic carbocycles. The van der Waals surface area contributed by atoms with E-state index < -0.39 is 12.0 Å². The fourth-order valence-electron chi connectivity index (χ4n) is 2.49. The first-order valence-electron chi connectivity index (χ1n) is 8.07. The zero-order valence-corrected chi connectivity index (χ0v) is 14.4. The number of carbonyl (C=O) groups is 4. The highest BCUT2D eigenvalue weighted by atomic mass is 16.5. The topological polar surface area (TPSA) is 105 Å². The molecule has 0 fully saturated rings. The van der Waals surface area contributed by atoms with Crippen LogP contribution in [0, 0.1) is 0 Å². The Morgan fingerprint density at radius 3 is 2.48 bits per heavy atom. The van der Waals surface area contributed by atoms with Crippen molar-refractivity contribution >= 4 is 29.5 Å². The van der Waals surface area contributed by atoms with Gasteiger partial charge in [-0.1, -0.05) is 0 Å². The lowest BCUT2D eigenvalue weighted by molar-refractivity contribution is -0.142. The zero-order valence-electron chi connectivity index (χ0n) is 14.4. The Hall–Kier alpha value is -2.90. The Morgan fingerprint density at radius 1 is 1.16 bits per heavy atom. The maximum Gasteiger partial charge on any atom is 0.319 e. The van der Waals surface area contributed by atoms with Crippen molar-refractivity contribution in [2.45, 2.75) is 33.2 Å². The number of esters is 1. The monoisotopic (exact) mass is 347 g/mol. The van der Waals surface area contributed by atoms with Crippen LogP contribution in [-0.2, 0) is 9.53 Å². The van der Waals surface area contributed by atoms with Gasteiger partial charge in [0.25, 0.3) is 11.8 Å². The number of urea groups is 1. The molecule has 1 aliphatic rings. The molecule has 2 N–H and O–H groups in total. The summed E-state index contributed by atoms with van der Waals surface area (Å²) in [7, 11) is 0. The van der Waals surface area contributed by atoms with Gasteiger partial charge in [-0.15, -0.1) is 0 Å². The summed E-state index contributed by atoms with van der Waals surface area (Å²) >= 11 is 0. The van der Waals surface area contributed by atoms with E-state index in [0.717, 1.165) is 0 Å². The van der Waals surface area contributed by atoms with Crippen molar-refractivity contribution < 1.29 is 23.9 Å². The maximum absolute atomic E-state index is 12.3. The van der Waals surface area contributed by atoms with E-state index in [-0.39, 0.29) is 36.4 Å². The van der Waals surface area contributed by atoms with E-state index >= 15 is 0 Å². The van der Waals surface area contributed by atoms with Crippen molar-refractivity contribution in [1.29, 1.82) is 0 Å². The number of anilines is 1. The summed E-state index contributed by atoms with van der Waals surface area (Å²) in [6.45, 7) is 5.66. The van der Waals surface area contributed by atoms with Gasteiger partial charge in [-0.3, -0.25) is 19.3 Å². The minimum Gasteiger partial charge on any atom is -0.466 e. The first kappa shape index (κ1) is 18.4. The summed E-state index contributed by atoms with van der Waals surface area (Å²) in [5.41, 5.74) is 0.981. The third kappa shape index (κ3) is 4.14. The Kier molecular flexibility index (Phi) is 5.74. The average Bonchev–Trinajstić information content (AvgIpc) is 2.78. The molecule has 0 aromatic heterocycles. The highest BCUT2D eigenvalue weighted by Crippen LogP contribution is 2.27. The van der Waals surface area contributed by atoms with Gasteiger partial charge >= 0.3 is 12.0 Å². The molecular weight excluding hydrogens is 326 g/mol. The van der Waals surface area contributed by atoms with Crippen LogP contribution in [0.15, 0.2) is 18.2 Å². The Labute approximate surface area is 145 Å². The lowest BCUT2D eigenvalue weighted by Gasteiger charge is -2.17. The fourth-order valence-corrected chi connectivity index (χ4v) is 2.49. The average molecular weight is 347 g/mol. The molecule has 0 spiro atoms. The SMILES string of the molecule is CCOC(=O)CCNC(=O)Nc1ccc2c(c1)C(=O)N(C(C)C)C2=O. The lowest BCUT2D eigenvalue weighted by Crippen LogP contribution is -2.35. The largest absolute Gasteiger partial charge is 0.466 e. The third-order valence-corrected chi connectivity index (χ3v) is 3.61. The molecule has 25 heavy (non-hydrogen) atoms. The third-order valence-electron chi connectivity index (χ3n) is 3.61. The van der Waals surface area contributed by atoms with Crippen molar-refractivity contribution in [3.63, 3.8) is 0 Å². The molecule has 1 aliphatic heterocycles. The second-order valence-electron chi connectivity index (χ2n) is 5.77. The van der Waals surface area contributed by atoms with Crippen molar-refractivity contribution in [2.24, 2.45) is 0 Å². The molecule has 0 saturated heterocycles. The smallest absolute Gasteiger partial charge is 0.319 e. The summed E-state index contributed by atoms with van der Waals surface area (Å²) in [4.78, 5) is 48.7. The van der Waals surface area contributed by atoms with Gasteiger partial charge in [-0.25, -0.2) is 4.79 Å². The molecule has 8 nitrogen and oxygen atoms in total. The molecule has 0 bridgehead atoms. The molecule has 4 amide bonds. The normalized spacial score (nSPS) is 13.0. The molecule has 134 valence electrons. The number of nitrogens with one attached hydrogen (secondary N) is 2. The van der Waals surface area contributed by atoms with Gasteiger partial charge in [0.2, 0.25) is 0 Å². The number of amides is 4. The van der Waals surface area contributed by atoms with Crippen LogP contribution >= 0.6 is 0 Å². The Bertz CT molecular complexity index is 714. The standard InChI is InChI=1S/C17H21N3O5/c1-4-25-14(21)7-8-18-17(24)19-11-5-6-12-13(9-11)16(23)20(10(2)3)15(12)22/h5-6,9-10H,4,7-8H2,1-3H3,(H2,18,19,24). The van der Waals surface area contributed by atoms with Crippen LogP contribution in [0.3, 0.4) is 0 Å². The Balaban J connectivity index is 1.97. The van der Waals surface area contributed by atoms with Crippen molar-refractivity contribution in [3.8, 4) is 0 Å². The molecule has 0 atom stereocenters. The van der Waals surface area contributed by atoms with Gasteiger partial charge in [0.15, 0.2) is 0 Å². The summed E-state index contributed by atoms with van der Waals surface area (Å²) in [6, 6.07) is 3.80. The summed E-state index contributed by atoms with van der Waals surface area (Å²) in [5.74, 6) is -1.10. The number of hydrogen-bond donors (Lipinski definition) is 2. The number of rotatable bonds is 6. The van der Waals surface area contributed by atoms with Gasteiger partial charge in [0.1, 0.15) is 0 Å². The highest BCUT2D eigenvalue weighted by Gasteiger charge is 2.37. The van der Waals surface area contributed by atoms with Crippen LogP contribution < -0.4 is 10.6 Å². The van der Waals surface area contributed by atoms with E-state index in [1.54, 1.807) is 26.8 Å². The van der Waals surface area contributed by atoms with E-state index in [9.17, 15) is 19.2 Å². The summed E-state index contributed by atoms with van der Waals surface area (Å²) in [5, 5.41) is 5.09. The number of nitrogens with zero attached hydrogens (tertiary/aromatic N) is 1. The number of fused-ring (bicyclic) bond motifs is 1. The quantitative estimate of drug-likeness (QED) is 0.603. The number of carbonyl (C=O) groups excluding carboxylic acids is 4. The molecule has 1 heterocycles. The van der Waals surface area contributed by atoms with Gasteiger partial charge in [0.05, 0.1) is 24.2 Å². The van der Waals surface area contributed by atoms with Crippen molar-refractivity contribution in [1.82, 2.24) is 10.2 Å². The predicted molar refractivity (Wildman–Crippen MR) is 90.3 cm³/mol. The number of benzene rings is 1. The number of imide groups is 1. The first-order valence-corrected chi connectivity index (χ1v) is 8.07. The molecule has 1 aromatic rings. The molecule has 8 heteroatoms. The van der Waals surface area contributed by atoms with Crippen LogP contribution in [0.1, 0.15) is 47.9 Å². The second kappa shape index (κ2) is 7.78. The van der Waals surface area contributed by atoms with Crippen LogP contribution in [0.4, 0.5) is 10.5 Å². The van der Waals surface area contributed by atoms with Crippen molar-refractivity contribution in [2.75, 3.05) is 18.5 Å². The van der Waals surface area contributed by atoms with E-state index in [1.165, 1.54) is 17.0 Å². The molecule has 0 radical (unpaired) electrons. The van der Waals surface area contributed by atoms with E-state index in [0.29, 0.717) is 17.9 Å². The summed E-state index contributed by atoms with van der Waals surface area (Å²) < 4.78 is 4.76. The molecule has 2 rings (SSSR count). The fraction of sp³-hybridized carbons (Fsp3) is 0.412. The zero-order chi connectivity index (χ0) is 18.6. The van der Waals surface area contributed by atoms with Crippen LogP contribution in [-0.4, -0.2) is 47.9 Å². The minimum absolute atomic E-state index is 0.0712. The molecule has 0 unspecified atom stereocenters. The lowest BCUT2D eigenvalue weighted by atomic mass is 10.1. The predicted octanol–water partition coefficient (Wildman–Crippen LogP) is 1.77.